The van der Waals surface area contributed by atoms with Crippen molar-refractivity contribution in [2.45, 2.75) is 18.7 Å². The van der Waals surface area contributed by atoms with Crippen molar-refractivity contribution >= 4 is 21.4 Å². The number of hydrogen-bond acceptors (Lipinski definition) is 3. The van der Waals surface area contributed by atoms with E-state index in [1.807, 2.05) is 6.92 Å². The van der Waals surface area contributed by atoms with Gasteiger partial charge < -0.3 is 5.32 Å². The van der Waals surface area contributed by atoms with Gasteiger partial charge in [0.05, 0.1) is 4.90 Å². The molecule has 0 heterocycles. The van der Waals surface area contributed by atoms with E-state index in [2.05, 4.69) is 5.32 Å². The third-order valence-electron chi connectivity index (χ3n) is 2.03. The fourth-order valence-electron chi connectivity index (χ4n) is 1.13. The Morgan fingerprint density at radius 2 is 2.07 bits per heavy atom. The molecule has 1 N–H and O–H groups in total. The molecule has 0 radical (unpaired) electrons. The second-order valence-electron chi connectivity index (χ2n) is 3.27. The highest BCUT2D eigenvalue weighted by atomic mass is 35.5. The second kappa shape index (κ2) is 4.96. The van der Waals surface area contributed by atoms with Crippen LogP contribution in [0, 0.1) is 6.92 Å². The fraction of sp³-hybridized carbons (Fsp3) is 0.400. The summed E-state index contributed by atoms with van der Waals surface area (Å²) in [6.07, 6.45) is 0. The maximum absolute atomic E-state index is 11.7. The van der Waals surface area contributed by atoms with Gasteiger partial charge in [0.25, 0.3) is 0 Å². The smallest absolute Gasteiger partial charge is 0.191 e. The zero-order valence-electron chi connectivity index (χ0n) is 8.75. The standard InChI is InChI=1S/C10H14ClNO2S/c1-3-12-7-15(13,14)9-4-5-10(11)8(2)6-9/h4-6,12H,3,7H2,1-2H3. The zero-order chi connectivity index (χ0) is 11.5. The maximum Gasteiger partial charge on any atom is 0.191 e. The summed E-state index contributed by atoms with van der Waals surface area (Å²) in [5, 5.41) is 3.38. The van der Waals surface area contributed by atoms with Crippen LogP contribution in [-0.2, 0) is 9.84 Å². The number of hydrogen-bond donors (Lipinski definition) is 1. The van der Waals surface area contributed by atoms with Crippen LogP contribution in [-0.4, -0.2) is 20.8 Å². The number of halogens is 1. The molecule has 1 rings (SSSR count). The summed E-state index contributed by atoms with van der Waals surface area (Å²) in [6.45, 7) is 4.28. The summed E-state index contributed by atoms with van der Waals surface area (Å²) < 4.78 is 23.5. The van der Waals surface area contributed by atoms with E-state index in [1.165, 1.54) is 6.07 Å². The molecule has 0 aliphatic heterocycles. The molecule has 0 spiro atoms. The minimum absolute atomic E-state index is 0.0371. The molecule has 0 fully saturated rings. The lowest BCUT2D eigenvalue weighted by Crippen LogP contribution is -2.22. The molecule has 0 aromatic heterocycles. The van der Waals surface area contributed by atoms with Crippen LogP contribution in [0.25, 0.3) is 0 Å². The lowest BCUT2D eigenvalue weighted by molar-refractivity contribution is 0.588. The summed E-state index contributed by atoms with van der Waals surface area (Å²) in [5.41, 5.74) is 0.772. The second-order valence-corrected chi connectivity index (χ2v) is 5.67. The molecule has 0 unspecified atom stereocenters. The highest BCUT2D eigenvalue weighted by Crippen LogP contribution is 2.19. The van der Waals surface area contributed by atoms with E-state index in [0.717, 1.165) is 5.56 Å². The third kappa shape index (κ3) is 3.19. The minimum atomic E-state index is -3.23. The summed E-state index contributed by atoms with van der Waals surface area (Å²) in [6, 6.07) is 4.73. The highest BCUT2D eigenvalue weighted by molar-refractivity contribution is 7.91. The van der Waals surface area contributed by atoms with Crippen molar-refractivity contribution in [3.05, 3.63) is 28.8 Å². The van der Waals surface area contributed by atoms with Gasteiger partial charge in [-0.3, -0.25) is 0 Å². The average Bonchev–Trinajstić information content (AvgIpc) is 2.19. The zero-order valence-corrected chi connectivity index (χ0v) is 10.3. The van der Waals surface area contributed by atoms with Gasteiger partial charge in [0.1, 0.15) is 5.88 Å². The first-order chi connectivity index (χ1) is 6.97. The van der Waals surface area contributed by atoms with E-state index in [-0.39, 0.29) is 5.88 Å². The van der Waals surface area contributed by atoms with Crippen LogP contribution in [0.15, 0.2) is 23.1 Å². The largest absolute Gasteiger partial charge is 0.304 e. The Labute approximate surface area is 95.4 Å². The molecule has 0 aliphatic carbocycles. The van der Waals surface area contributed by atoms with E-state index in [1.54, 1.807) is 19.1 Å². The number of aryl methyl sites for hydroxylation is 1. The van der Waals surface area contributed by atoms with Gasteiger partial charge in [0, 0.05) is 5.02 Å². The maximum atomic E-state index is 11.7. The van der Waals surface area contributed by atoms with E-state index >= 15 is 0 Å². The Balaban J connectivity index is 3.00. The Morgan fingerprint density at radius 3 is 2.60 bits per heavy atom. The molecule has 0 atom stereocenters. The normalized spacial score (nSPS) is 11.7. The fourth-order valence-corrected chi connectivity index (χ4v) is 2.52. The van der Waals surface area contributed by atoms with Crippen LogP contribution < -0.4 is 5.32 Å². The number of benzene rings is 1. The Hall–Kier alpha value is -0.580. The summed E-state index contributed by atoms with van der Waals surface area (Å²) in [5.74, 6) is -0.0371. The first-order valence-corrected chi connectivity index (χ1v) is 6.70. The predicted octanol–water partition coefficient (Wildman–Crippen LogP) is 1.99. The SMILES string of the molecule is CCNCS(=O)(=O)c1ccc(Cl)c(C)c1. The number of rotatable bonds is 4. The van der Waals surface area contributed by atoms with Gasteiger partial charge >= 0.3 is 0 Å². The van der Waals surface area contributed by atoms with Gasteiger partial charge in [-0.25, -0.2) is 8.42 Å². The average molecular weight is 248 g/mol. The lowest BCUT2D eigenvalue weighted by Gasteiger charge is -2.06. The molecular weight excluding hydrogens is 234 g/mol. The quantitative estimate of drug-likeness (QED) is 0.885. The van der Waals surface area contributed by atoms with Crippen LogP contribution >= 0.6 is 11.6 Å². The van der Waals surface area contributed by atoms with Crippen LogP contribution in [0.4, 0.5) is 0 Å². The van der Waals surface area contributed by atoms with Gasteiger partial charge in [-0.05, 0) is 37.2 Å². The van der Waals surface area contributed by atoms with E-state index in [0.29, 0.717) is 16.5 Å². The molecule has 3 nitrogen and oxygen atoms in total. The summed E-state index contributed by atoms with van der Waals surface area (Å²) >= 11 is 5.82. The molecule has 1 aromatic rings. The van der Waals surface area contributed by atoms with Crippen molar-refractivity contribution in [3.63, 3.8) is 0 Å². The molecule has 0 amide bonds. The van der Waals surface area contributed by atoms with Crippen molar-refractivity contribution in [2.24, 2.45) is 0 Å². The van der Waals surface area contributed by atoms with Gasteiger partial charge in [0.2, 0.25) is 0 Å². The van der Waals surface area contributed by atoms with Crippen molar-refractivity contribution in [1.29, 1.82) is 0 Å². The van der Waals surface area contributed by atoms with Crippen molar-refractivity contribution in [3.8, 4) is 0 Å². The van der Waals surface area contributed by atoms with Gasteiger partial charge in [-0.2, -0.15) is 0 Å². The topological polar surface area (TPSA) is 46.2 Å². The van der Waals surface area contributed by atoms with Crippen LogP contribution in [0.5, 0.6) is 0 Å². The molecule has 0 saturated heterocycles. The Kier molecular flexibility index (Phi) is 4.13. The van der Waals surface area contributed by atoms with Crippen molar-refractivity contribution < 1.29 is 8.42 Å². The number of nitrogens with one attached hydrogen (secondary N) is 1. The van der Waals surface area contributed by atoms with Crippen molar-refractivity contribution in [1.82, 2.24) is 5.32 Å². The van der Waals surface area contributed by atoms with E-state index in [4.69, 9.17) is 11.6 Å². The molecule has 0 saturated carbocycles. The molecule has 5 heteroatoms. The lowest BCUT2D eigenvalue weighted by atomic mass is 10.2. The highest BCUT2D eigenvalue weighted by Gasteiger charge is 2.13. The van der Waals surface area contributed by atoms with E-state index in [9.17, 15) is 8.42 Å². The molecule has 1 aromatic carbocycles. The van der Waals surface area contributed by atoms with Crippen LogP contribution in [0.3, 0.4) is 0 Å². The monoisotopic (exact) mass is 247 g/mol. The summed E-state index contributed by atoms with van der Waals surface area (Å²) in [4.78, 5) is 0.311. The molecular formula is C10H14ClNO2S. The van der Waals surface area contributed by atoms with Gasteiger partial charge in [0.15, 0.2) is 9.84 Å². The molecule has 0 aliphatic rings. The Bertz CT molecular complexity index is 443. The predicted molar refractivity (Wildman–Crippen MR) is 61.9 cm³/mol. The molecule has 84 valence electrons. The molecule has 0 bridgehead atoms. The van der Waals surface area contributed by atoms with Crippen LogP contribution in [0.1, 0.15) is 12.5 Å². The van der Waals surface area contributed by atoms with Gasteiger partial charge in [-0.15, -0.1) is 0 Å². The first kappa shape index (κ1) is 12.5. The van der Waals surface area contributed by atoms with Crippen LogP contribution in [0.2, 0.25) is 5.02 Å². The first-order valence-electron chi connectivity index (χ1n) is 4.67. The molecule has 15 heavy (non-hydrogen) atoms. The number of sulfone groups is 1. The Morgan fingerprint density at radius 1 is 1.40 bits per heavy atom. The summed E-state index contributed by atoms with van der Waals surface area (Å²) in [7, 11) is -3.23. The van der Waals surface area contributed by atoms with E-state index < -0.39 is 9.84 Å². The third-order valence-corrected chi connectivity index (χ3v) is 4.01. The van der Waals surface area contributed by atoms with Crippen molar-refractivity contribution in [2.75, 3.05) is 12.4 Å². The minimum Gasteiger partial charge on any atom is -0.304 e. The van der Waals surface area contributed by atoms with Gasteiger partial charge in [-0.1, -0.05) is 18.5 Å².